The lowest BCUT2D eigenvalue weighted by atomic mass is 10.0. The van der Waals surface area contributed by atoms with Gasteiger partial charge in [0.2, 0.25) is 11.8 Å². The summed E-state index contributed by atoms with van der Waals surface area (Å²) >= 11 is 11.9. The van der Waals surface area contributed by atoms with E-state index in [-0.39, 0.29) is 29.9 Å². The molecule has 0 spiro atoms. The van der Waals surface area contributed by atoms with Crippen LogP contribution in [0.25, 0.3) is 0 Å². The standard InChI is InChI=1S/C25H29Cl2FN2O2/c26-17-23(31)30(16-15-18-11-13-19(27)14-12-18)24(21-9-5-6-10-22(21)28)25(32)29-20-7-3-1-2-4-8-20/h5-6,9-14,20,24H,1-4,7-8,15-17H2,(H,29,32)/t24-/m1/s1. The van der Waals surface area contributed by atoms with E-state index in [4.69, 9.17) is 23.2 Å². The average molecular weight is 479 g/mol. The van der Waals surface area contributed by atoms with Crippen LogP contribution in [0, 0.1) is 5.82 Å². The Morgan fingerprint density at radius 3 is 2.31 bits per heavy atom. The van der Waals surface area contributed by atoms with Gasteiger partial charge in [-0.25, -0.2) is 4.39 Å². The lowest BCUT2D eigenvalue weighted by Crippen LogP contribution is -2.48. The van der Waals surface area contributed by atoms with Gasteiger partial charge in [-0.15, -0.1) is 11.6 Å². The van der Waals surface area contributed by atoms with Crippen LogP contribution in [0.3, 0.4) is 0 Å². The predicted molar refractivity (Wildman–Crippen MR) is 126 cm³/mol. The SMILES string of the molecule is O=C(NC1CCCCCC1)[C@@H](c1ccccc1F)N(CCc1ccc(Cl)cc1)C(=O)CCl. The maximum absolute atomic E-state index is 14.8. The Hall–Kier alpha value is -2.11. The molecule has 32 heavy (non-hydrogen) atoms. The molecule has 2 aromatic rings. The van der Waals surface area contributed by atoms with Gasteiger partial charge in [0.05, 0.1) is 0 Å². The third-order valence-corrected chi connectivity index (χ3v) is 6.43. The maximum atomic E-state index is 14.8. The summed E-state index contributed by atoms with van der Waals surface area (Å²) in [6.07, 6.45) is 6.68. The Bertz CT molecular complexity index is 899. The number of hydrogen-bond donors (Lipinski definition) is 1. The Balaban J connectivity index is 1.88. The third kappa shape index (κ3) is 6.69. The highest BCUT2D eigenvalue weighted by atomic mass is 35.5. The number of benzene rings is 2. The summed E-state index contributed by atoms with van der Waals surface area (Å²) in [5, 5.41) is 3.71. The summed E-state index contributed by atoms with van der Waals surface area (Å²) in [7, 11) is 0. The molecule has 1 atom stereocenters. The minimum absolute atomic E-state index is 0.0310. The fraction of sp³-hybridized carbons (Fsp3) is 0.440. The van der Waals surface area contributed by atoms with E-state index in [1.807, 2.05) is 12.1 Å². The van der Waals surface area contributed by atoms with Gasteiger partial charge in [-0.1, -0.05) is 67.6 Å². The highest BCUT2D eigenvalue weighted by Crippen LogP contribution is 2.26. The lowest BCUT2D eigenvalue weighted by Gasteiger charge is -2.32. The first-order valence-corrected chi connectivity index (χ1v) is 12.1. The largest absolute Gasteiger partial charge is 0.351 e. The van der Waals surface area contributed by atoms with Crippen LogP contribution in [-0.4, -0.2) is 35.2 Å². The summed E-state index contributed by atoms with van der Waals surface area (Å²) in [5.41, 5.74) is 1.13. The Kier molecular flexibility index (Phi) is 9.36. The molecule has 0 aromatic heterocycles. The number of carbonyl (C=O) groups is 2. The van der Waals surface area contributed by atoms with Crippen LogP contribution in [0.1, 0.15) is 55.7 Å². The molecule has 3 rings (SSSR count). The van der Waals surface area contributed by atoms with Crippen molar-refractivity contribution in [3.05, 3.63) is 70.5 Å². The van der Waals surface area contributed by atoms with Crippen molar-refractivity contribution in [3.63, 3.8) is 0 Å². The van der Waals surface area contributed by atoms with Gasteiger partial charge >= 0.3 is 0 Å². The van der Waals surface area contributed by atoms with Gasteiger partial charge in [0.25, 0.3) is 0 Å². The topological polar surface area (TPSA) is 49.4 Å². The first kappa shape index (κ1) is 24.5. The fourth-order valence-electron chi connectivity index (χ4n) is 4.23. The molecule has 1 saturated carbocycles. The van der Waals surface area contributed by atoms with E-state index >= 15 is 0 Å². The molecule has 172 valence electrons. The second-order valence-corrected chi connectivity index (χ2v) is 8.92. The monoisotopic (exact) mass is 478 g/mol. The molecule has 0 unspecified atom stereocenters. The molecule has 0 heterocycles. The molecular weight excluding hydrogens is 450 g/mol. The summed E-state index contributed by atoms with van der Waals surface area (Å²) in [4.78, 5) is 27.7. The first-order chi connectivity index (χ1) is 15.5. The number of rotatable bonds is 8. The second kappa shape index (κ2) is 12.2. The van der Waals surface area contributed by atoms with Crippen molar-refractivity contribution in [2.24, 2.45) is 0 Å². The first-order valence-electron chi connectivity index (χ1n) is 11.1. The normalized spacial score (nSPS) is 15.6. The third-order valence-electron chi connectivity index (χ3n) is 5.95. The highest BCUT2D eigenvalue weighted by molar-refractivity contribution is 6.30. The molecule has 1 aliphatic rings. The van der Waals surface area contributed by atoms with Crippen molar-refractivity contribution in [2.75, 3.05) is 12.4 Å². The van der Waals surface area contributed by atoms with Crippen LogP contribution in [0.2, 0.25) is 5.02 Å². The van der Waals surface area contributed by atoms with Crippen molar-refractivity contribution in [1.82, 2.24) is 10.2 Å². The minimum atomic E-state index is -1.09. The van der Waals surface area contributed by atoms with E-state index in [9.17, 15) is 14.0 Å². The number of amides is 2. The number of nitrogens with one attached hydrogen (secondary N) is 1. The van der Waals surface area contributed by atoms with E-state index in [0.717, 1.165) is 44.1 Å². The molecule has 0 bridgehead atoms. The van der Waals surface area contributed by atoms with E-state index in [0.29, 0.717) is 11.4 Å². The summed E-state index contributed by atoms with van der Waals surface area (Å²) in [6, 6.07) is 12.3. The molecule has 1 N–H and O–H groups in total. The van der Waals surface area contributed by atoms with Crippen LogP contribution in [0.5, 0.6) is 0 Å². The van der Waals surface area contributed by atoms with Crippen molar-refractivity contribution >= 4 is 35.0 Å². The molecule has 0 radical (unpaired) electrons. The van der Waals surface area contributed by atoms with E-state index in [1.165, 1.54) is 11.0 Å². The molecule has 2 aromatic carbocycles. The van der Waals surface area contributed by atoms with Crippen molar-refractivity contribution in [2.45, 2.75) is 57.0 Å². The number of alkyl halides is 1. The zero-order valence-electron chi connectivity index (χ0n) is 18.0. The molecular formula is C25H29Cl2FN2O2. The molecule has 0 aliphatic heterocycles. The number of carbonyl (C=O) groups excluding carboxylic acids is 2. The highest BCUT2D eigenvalue weighted by Gasteiger charge is 2.33. The van der Waals surface area contributed by atoms with E-state index in [1.54, 1.807) is 30.3 Å². The average Bonchev–Trinajstić information content (AvgIpc) is 3.06. The zero-order valence-corrected chi connectivity index (χ0v) is 19.5. The van der Waals surface area contributed by atoms with Gasteiger partial charge in [-0.3, -0.25) is 9.59 Å². The molecule has 1 aliphatic carbocycles. The molecule has 7 heteroatoms. The van der Waals surface area contributed by atoms with Gasteiger partial charge in [-0.2, -0.15) is 0 Å². The summed E-state index contributed by atoms with van der Waals surface area (Å²) < 4.78 is 14.8. The smallest absolute Gasteiger partial charge is 0.247 e. The zero-order chi connectivity index (χ0) is 22.9. The Morgan fingerprint density at radius 2 is 1.69 bits per heavy atom. The van der Waals surface area contributed by atoms with Crippen molar-refractivity contribution < 1.29 is 14.0 Å². The van der Waals surface area contributed by atoms with Crippen LogP contribution < -0.4 is 5.32 Å². The van der Waals surface area contributed by atoms with Crippen molar-refractivity contribution in [3.8, 4) is 0 Å². The van der Waals surface area contributed by atoms with Crippen LogP contribution in [-0.2, 0) is 16.0 Å². The van der Waals surface area contributed by atoms with Crippen LogP contribution >= 0.6 is 23.2 Å². The van der Waals surface area contributed by atoms with Gasteiger partial charge in [0.1, 0.15) is 17.7 Å². The van der Waals surface area contributed by atoms with Gasteiger partial charge in [0.15, 0.2) is 0 Å². The van der Waals surface area contributed by atoms with E-state index in [2.05, 4.69) is 5.32 Å². The number of nitrogens with zero attached hydrogens (tertiary/aromatic N) is 1. The van der Waals surface area contributed by atoms with Crippen LogP contribution in [0.4, 0.5) is 4.39 Å². The molecule has 0 saturated heterocycles. The molecule has 4 nitrogen and oxygen atoms in total. The van der Waals surface area contributed by atoms with E-state index < -0.39 is 17.8 Å². The molecule has 1 fully saturated rings. The molecule has 2 amide bonds. The summed E-state index contributed by atoms with van der Waals surface area (Å²) in [5.74, 6) is -1.59. The quantitative estimate of drug-likeness (QED) is 0.392. The van der Waals surface area contributed by atoms with Gasteiger partial charge in [0, 0.05) is 23.2 Å². The van der Waals surface area contributed by atoms with Gasteiger partial charge in [-0.05, 0) is 43.0 Å². The predicted octanol–water partition coefficient (Wildman–Crippen LogP) is 5.67. The van der Waals surface area contributed by atoms with Crippen LogP contribution in [0.15, 0.2) is 48.5 Å². The number of halogens is 3. The Labute approximate surface area is 199 Å². The van der Waals surface area contributed by atoms with Crippen molar-refractivity contribution in [1.29, 1.82) is 0 Å². The summed E-state index contributed by atoms with van der Waals surface area (Å²) in [6.45, 7) is 0.226. The fourth-order valence-corrected chi connectivity index (χ4v) is 4.51. The Morgan fingerprint density at radius 1 is 1.03 bits per heavy atom. The second-order valence-electron chi connectivity index (χ2n) is 8.22. The number of hydrogen-bond acceptors (Lipinski definition) is 2. The lowest BCUT2D eigenvalue weighted by molar-refractivity contribution is -0.139. The van der Waals surface area contributed by atoms with Gasteiger partial charge < -0.3 is 10.2 Å². The minimum Gasteiger partial charge on any atom is -0.351 e. The maximum Gasteiger partial charge on any atom is 0.247 e.